The second kappa shape index (κ2) is 10.0. The molecule has 1 aromatic heterocycles. The van der Waals surface area contributed by atoms with Gasteiger partial charge in [-0.05, 0) is 29.8 Å². The van der Waals surface area contributed by atoms with Crippen molar-refractivity contribution in [3.8, 4) is 22.1 Å². The number of benzene rings is 2. The molecule has 6 nitrogen and oxygen atoms in total. The first-order valence-electron chi connectivity index (χ1n) is 10.6. The van der Waals surface area contributed by atoms with Crippen LogP contribution in [0.2, 0.25) is 0 Å². The van der Waals surface area contributed by atoms with E-state index < -0.39 is 11.7 Å². The number of methoxy groups -OCH3 is 2. The van der Waals surface area contributed by atoms with Crippen LogP contribution < -0.4 is 9.47 Å². The summed E-state index contributed by atoms with van der Waals surface area (Å²) in [6.07, 6.45) is -4.36. The van der Waals surface area contributed by atoms with E-state index in [2.05, 4.69) is 9.88 Å². The molecule has 10 heteroatoms. The molecule has 1 fully saturated rings. The maximum atomic E-state index is 13.0. The molecule has 0 spiro atoms. The molecule has 3 aromatic rings. The molecule has 2 heterocycles. The average Bonchev–Trinajstić information content (AvgIpc) is 3.33. The van der Waals surface area contributed by atoms with Gasteiger partial charge in [0.1, 0.15) is 10.7 Å². The van der Waals surface area contributed by atoms with E-state index in [1.165, 1.54) is 23.5 Å². The molecule has 1 saturated heterocycles. The molecule has 180 valence electrons. The molecule has 0 bridgehead atoms. The zero-order chi connectivity index (χ0) is 24.3. The van der Waals surface area contributed by atoms with Gasteiger partial charge in [-0.15, -0.1) is 11.3 Å². The molecule has 0 N–H and O–H groups in total. The smallest absolute Gasteiger partial charge is 0.416 e. The predicted octanol–water partition coefficient (Wildman–Crippen LogP) is 4.80. The molecular formula is C24H24F3N3O3S. The van der Waals surface area contributed by atoms with E-state index >= 15 is 0 Å². The Kier molecular flexibility index (Phi) is 7.08. The van der Waals surface area contributed by atoms with Crippen LogP contribution in [0.1, 0.15) is 21.6 Å². The maximum absolute atomic E-state index is 13.0. The van der Waals surface area contributed by atoms with Gasteiger partial charge in [0.05, 0.1) is 19.8 Å². The number of carbonyl (C=O) groups is 1. The Bertz CT molecular complexity index is 1160. The van der Waals surface area contributed by atoms with Gasteiger partial charge >= 0.3 is 6.18 Å². The highest BCUT2D eigenvalue weighted by Crippen LogP contribution is 2.34. The number of piperazine rings is 1. The van der Waals surface area contributed by atoms with Crippen LogP contribution in [0.3, 0.4) is 0 Å². The van der Waals surface area contributed by atoms with E-state index in [-0.39, 0.29) is 5.91 Å². The second-order valence-electron chi connectivity index (χ2n) is 7.87. The van der Waals surface area contributed by atoms with E-state index in [0.717, 1.165) is 11.6 Å². The monoisotopic (exact) mass is 491 g/mol. The van der Waals surface area contributed by atoms with Crippen molar-refractivity contribution in [2.24, 2.45) is 0 Å². The van der Waals surface area contributed by atoms with Crippen molar-refractivity contribution < 1.29 is 27.4 Å². The van der Waals surface area contributed by atoms with Crippen molar-refractivity contribution >= 4 is 17.2 Å². The molecule has 34 heavy (non-hydrogen) atoms. The van der Waals surface area contributed by atoms with Crippen molar-refractivity contribution in [3.63, 3.8) is 0 Å². The number of alkyl halides is 3. The minimum Gasteiger partial charge on any atom is -0.493 e. The number of ether oxygens (including phenoxy) is 2. The quantitative estimate of drug-likeness (QED) is 0.496. The van der Waals surface area contributed by atoms with E-state index in [9.17, 15) is 18.0 Å². The predicted molar refractivity (Wildman–Crippen MR) is 123 cm³/mol. The fourth-order valence-electron chi connectivity index (χ4n) is 3.85. The Morgan fingerprint density at radius 1 is 1.03 bits per heavy atom. The summed E-state index contributed by atoms with van der Waals surface area (Å²) in [6, 6.07) is 10.8. The Morgan fingerprint density at radius 3 is 2.44 bits per heavy atom. The van der Waals surface area contributed by atoms with Gasteiger partial charge in [0.15, 0.2) is 11.5 Å². The van der Waals surface area contributed by atoms with Crippen LogP contribution in [0.15, 0.2) is 47.8 Å². The highest BCUT2D eigenvalue weighted by atomic mass is 32.1. The van der Waals surface area contributed by atoms with Crippen LogP contribution in [0.5, 0.6) is 11.5 Å². The standard InChI is InChI=1S/C24H24F3N3O3S/c1-32-20-7-6-17(13-21(20)33-2)22-28-19(15-34-22)23(31)30-10-8-29(9-11-30)14-16-4-3-5-18(12-16)24(25,26)27/h3-7,12-13,15H,8-11,14H2,1-2H3. The van der Waals surface area contributed by atoms with Gasteiger partial charge in [-0.2, -0.15) is 13.2 Å². The number of aromatic nitrogens is 1. The van der Waals surface area contributed by atoms with Crippen LogP contribution in [0.25, 0.3) is 10.6 Å². The molecule has 0 radical (unpaired) electrons. The summed E-state index contributed by atoms with van der Waals surface area (Å²) in [5, 5.41) is 2.44. The fraction of sp³-hybridized carbons (Fsp3) is 0.333. The van der Waals surface area contributed by atoms with Gasteiger partial charge in [0, 0.05) is 43.7 Å². The zero-order valence-corrected chi connectivity index (χ0v) is 19.6. The van der Waals surface area contributed by atoms with Crippen LogP contribution >= 0.6 is 11.3 Å². The largest absolute Gasteiger partial charge is 0.493 e. The third-order valence-electron chi connectivity index (χ3n) is 5.67. The topological polar surface area (TPSA) is 54.9 Å². The first-order valence-corrected chi connectivity index (χ1v) is 11.5. The Morgan fingerprint density at radius 2 is 1.76 bits per heavy atom. The minimum atomic E-state index is -4.36. The lowest BCUT2D eigenvalue weighted by atomic mass is 10.1. The maximum Gasteiger partial charge on any atom is 0.416 e. The molecule has 1 aliphatic rings. The summed E-state index contributed by atoms with van der Waals surface area (Å²) in [6.45, 7) is 2.54. The summed E-state index contributed by atoms with van der Waals surface area (Å²) < 4.78 is 49.5. The van der Waals surface area contributed by atoms with E-state index in [1.54, 1.807) is 36.6 Å². The van der Waals surface area contributed by atoms with Gasteiger partial charge in [-0.1, -0.05) is 18.2 Å². The van der Waals surface area contributed by atoms with Crippen LogP contribution in [-0.4, -0.2) is 61.1 Å². The molecular weight excluding hydrogens is 467 g/mol. The van der Waals surface area contributed by atoms with Gasteiger partial charge in [-0.25, -0.2) is 4.98 Å². The fourth-order valence-corrected chi connectivity index (χ4v) is 4.64. The normalized spacial score (nSPS) is 14.8. The van der Waals surface area contributed by atoms with Gasteiger partial charge in [-0.3, -0.25) is 9.69 Å². The van der Waals surface area contributed by atoms with Crippen molar-refractivity contribution in [1.82, 2.24) is 14.8 Å². The van der Waals surface area contributed by atoms with Crippen molar-refractivity contribution in [1.29, 1.82) is 0 Å². The number of nitrogens with zero attached hydrogens (tertiary/aromatic N) is 3. The summed E-state index contributed by atoms with van der Waals surface area (Å²) in [5.74, 6) is 1.05. The van der Waals surface area contributed by atoms with Crippen LogP contribution in [0, 0.1) is 0 Å². The van der Waals surface area contributed by atoms with Crippen LogP contribution in [-0.2, 0) is 12.7 Å². The summed E-state index contributed by atoms with van der Waals surface area (Å²) in [4.78, 5) is 21.3. The Balaban J connectivity index is 1.37. The summed E-state index contributed by atoms with van der Waals surface area (Å²) in [5.41, 5.74) is 1.16. The Hall–Kier alpha value is -3.11. The van der Waals surface area contributed by atoms with Gasteiger partial charge in [0.25, 0.3) is 5.91 Å². The van der Waals surface area contributed by atoms with Crippen LogP contribution in [0.4, 0.5) is 13.2 Å². The molecule has 0 aliphatic carbocycles. The Labute approximate surface area is 199 Å². The van der Waals surface area contributed by atoms with Gasteiger partial charge < -0.3 is 14.4 Å². The summed E-state index contributed by atoms with van der Waals surface area (Å²) in [7, 11) is 3.13. The lowest BCUT2D eigenvalue weighted by Gasteiger charge is -2.34. The molecule has 0 saturated carbocycles. The van der Waals surface area contributed by atoms with Gasteiger partial charge in [0.2, 0.25) is 0 Å². The van der Waals surface area contributed by atoms with Crippen molar-refractivity contribution in [2.45, 2.75) is 12.7 Å². The molecule has 2 aromatic carbocycles. The number of halogens is 3. The lowest BCUT2D eigenvalue weighted by molar-refractivity contribution is -0.137. The minimum absolute atomic E-state index is 0.151. The number of amides is 1. The first kappa shape index (κ1) is 24.0. The molecule has 0 atom stereocenters. The summed E-state index contributed by atoms with van der Waals surface area (Å²) >= 11 is 1.38. The number of rotatable bonds is 6. The molecule has 1 aliphatic heterocycles. The lowest BCUT2D eigenvalue weighted by Crippen LogP contribution is -2.48. The number of hydrogen-bond acceptors (Lipinski definition) is 6. The van der Waals surface area contributed by atoms with E-state index in [1.807, 2.05) is 12.1 Å². The highest BCUT2D eigenvalue weighted by Gasteiger charge is 2.30. The number of thiazole rings is 1. The molecule has 4 rings (SSSR count). The third kappa shape index (κ3) is 5.34. The number of carbonyl (C=O) groups excluding carboxylic acids is 1. The SMILES string of the molecule is COc1ccc(-c2nc(C(=O)N3CCN(Cc4cccc(C(F)(F)F)c4)CC3)cs2)cc1OC. The third-order valence-corrected chi connectivity index (χ3v) is 6.57. The molecule has 1 amide bonds. The second-order valence-corrected chi connectivity index (χ2v) is 8.73. The van der Waals surface area contributed by atoms with E-state index in [4.69, 9.17) is 9.47 Å². The molecule has 0 unspecified atom stereocenters. The zero-order valence-electron chi connectivity index (χ0n) is 18.8. The van der Waals surface area contributed by atoms with Crippen molar-refractivity contribution in [2.75, 3.05) is 40.4 Å². The highest BCUT2D eigenvalue weighted by molar-refractivity contribution is 7.13. The van der Waals surface area contributed by atoms with Crippen molar-refractivity contribution in [3.05, 3.63) is 64.7 Å². The first-order chi connectivity index (χ1) is 16.3. The van der Waals surface area contributed by atoms with E-state index in [0.29, 0.717) is 60.5 Å². The number of hydrogen-bond donors (Lipinski definition) is 0. The average molecular weight is 492 g/mol.